The van der Waals surface area contributed by atoms with E-state index in [9.17, 15) is 0 Å². The van der Waals surface area contributed by atoms with Crippen LogP contribution >= 0.6 is 0 Å². The molecule has 2 aromatic rings. The van der Waals surface area contributed by atoms with Gasteiger partial charge in [-0.1, -0.05) is 25.1 Å². The number of hydrogen-bond donors (Lipinski definition) is 1. The van der Waals surface area contributed by atoms with Crippen LogP contribution in [0.5, 0.6) is 0 Å². The molecular weight excluding hydrogens is 258 g/mol. The molecule has 0 amide bonds. The number of nitrogens with zero attached hydrogens (tertiary/aromatic N) is 2. The molecule has 0 bridgehead atoms. The van der Waals surface area contributed by atoms with Crippen LogP contribution in [0.1, 0.15) is 38.8 Å². The van der Waals surface area contributed by atoms with Crippen LogP contribution in [0.2, 0.25) is 0 Å². The Hall–Kier alpha value is -1.45. The van der Waals surface area contributed by atoms with Crippen LogP contribution in [0.25, 0.3) is 10.9 Å². The first-order valence-corrected chi connectivity index (χ1v) is 7.72. The summed E-state index contributed by atoms with van der Waals surface area (Å²) in [6.45, 7) is 7.76. The van der Waals surface area contributed by atoms with E-state index < -0.39 is 0 Å². The Morgan fingerprint density at radius 1 is 1.24 bits per heavy atom. The first-order chi connectivity index (χ1) is 9.96. The average molecular weight is 285 g/mol. The predicted octanol–water partition coefficient (Wildman–Crippen LogP) is 3.62. The summed E-state index contributed by atoms with van der Waals surface area (Å²) in [6.07, 6.45) is 3.14. The molecule has 3 heteroatoms. The van der Waals surface area contributed by atoms with Gasteiger partial charge in [-0.3, -0.25) is 4.98 Å². The molecule has 0 spiro atoms. The van der Waals surface area contributed by atoms with Crippen molar-refractivity contribution in [2.45, 2.75) is 38.8 Å². The van der Waals surface area contributed by atoms with Crippen LogP contribution in [0, 0.1) is 0 Å². The fraction of sp³-hybridized carbons (Fsp3) is 0.500. The molecule has 114 valence electrons. The Balaban J connectivity index is 2.42. The topological polar surface area (TPSA) is 28.2 Å². The zero-order chi connectivity index (χ0) is 15.5. The van der Waals surface area contributed by atoms with Gasteiger partial charge in [-0.25, -0.2) is 0 Å². The SMILES string of the molecule is CCCNC(c1cnc2ccccc2c1)C(C)(C)N(C)C. The highest BCUT2D eigenvalue weighted by molar-refractivity contribution is 5.78. The number of nitrogens with one attached hydrogen (secondary N) is 1. The van der Waals surface area contributed by atoms with Crippen molar-refractivity contribution in [3.63, 3.8) is 0 Å². The molecule has 0 radical (unpaired) electrons. The third-order valence-corrected chi connectivity index (χ3v) is 4.40. The van der Waals surface area contributed by atoms with Crippen molar-refractivity contribution < 1.29 is 0 Å². The summed E-state index contributed by atoms with van der Waals surface area (Å²) in [7, 11) is 4.27. The van der Waals surface area contributed by atoms with Gasteiger partial charge in [-0.15, -0.1) is 0 Å². The zero-order valence-electron chi connectivity index (χ0n) is 13.9. The van der Waals surface area contributed by atoms with Gasteiger partial charge >= 0.3 is 0 Å². The van der Waals surface area contributed by atoms with Crippen molar-refractivity contribution in [3.05, 3.63) is 42.1 Å². The molecule has 1 N–H and O–H groups in total. The minimum absolute atomic E-state index is 0.0132. The lowest BCUT2D eigenvalue weighted by atomic mass is 9.87. The van der Waals surface area contributed by atoms with E-state index >= 15 is 0 Å². The number of likely N-dealkylation sites (N-methyl/N-ethyl adjacent to an activating group) is 1. The summed E-state index contributed by atoms with van der Waals surface area (Å²) in [5, 5.41) is 4.89. The normalized spacial score (nSPS) is 13.8. The van der Waals surface area contributed by atoms with Crippen LogP contribution in [0.15, 0.2) is 36.5 Å². The van der Waals surface area contributed by atoms with E-state index in [4.69, 9.17) is 0 Å². The Morgan fingerprint density at radius 3 is 2.62 bits per heavy atom. The molecule has 1 unspecified atom stereocenters. The van der Waals surface area contributed by atoms with Crippen LogP contribution in [-0.4, -0.2) is 36.1 Å². The molecule has 0 saturated carbocycles. The second-order valence-corrected chi connectivity index (χ2v) is 6.40. The second kappa shape index (κ2) is 6.54. The fourth-order valence-corrected chi connectivity index (χ4v) is 2.57. The summed E-state index contributed by atoms with van der Waals surface area (Å²) in [6, 6.07) is 10.8. The molecule has 1 aromatic carbocycles. The standard InChI is InChI=1S/C18H27N3/c1-6-11-19-17(18(2,3)21(4)5)15-12-14-9-7-8-10-16(14)20-13-15/h7-10,12-13,17,19H,6,11H2,1-5H3. The summed E-state index contributed by atoms with van der Waals surface area (Å²) in [5.41, 5.74) is 2.32. The first kappa shape index (κ1) is 15.9. The van der Waals surface area contributed by atoms with Gasteiger partial charge in [-0.2, -0.15) is 0 Å². The lowest BCUT2D eigenvalue weighted by Crippen LogP contribution is -2.49. The molecule has 1 heterocycles. The molecule has 21 heavy (non-hydrogen) atoms. The lowest BCUT2D eigenvalue weighted by Gasteiger charge is -2.41. The number of aromatic nitrogens is 1. The number of para-hydroxylation sites is 1. The van der Waals surface area contributed by atoms with E-state index in [-0.39, 0.29) is 11.6 Å². The van der Waals surface area contributed by atoms with E-state index in [0.717, 1.165) is 18.5 Å². The van der Waals surface area contributed by atoms with Gasteiger partial charge in [0.05, 0.1) is 11.6 Å². The van der Waals surface area contributed by atoms with Crippen LogP contribution in [-0.2, 0) is 0 Å². The van der Waals surface area contributed by atoms with Crippen molar-refractivity contribution in [1.82, 2.24) is 15.2 Å². The van der Waals surface area contributed by atoms with Gasteiger partial charge in [0.2, 0.25) is 0 Å². The lowest BCUT2D eigenvalue weighted by molar-refractivity contribution is 0.138. The number of hydrogen-bond acceptors (Lipinski definition) is 3. The fourth-order valence-electron chi connectivity index (χ4n) is 2.57. The number of fused-ring (bicyclic) bond motifs is 1. The number of benzene rings is 1. The third-order valence-electron chi connectivity index (χ3n) is 4.40. The van der Waals surface area contributed by atoms with E-state index in [1.165, 1.54) is 10.9 Å². The average Bonchev–Trinajstić information content (AvgIpc) is 2.47. The molecular formula is C18H27N3. The van der Waals surface area contributed by atoms with Gasteiger partial charge in [0.15, 0.2) is 0 Å². The van der Waals surface area contributed by atoms with Gasteiger partial charge in [0.1, 0.15) is 0 Å². The highest BCUT2D eigenvalue weighted by Crippen LogP contribution is 2.30. The maximum absolute atomic E-state index is 4.62. The highest BCUT2D eigenvalue weighted by atomic mass is 15.2. The minimum atomic E-state index is 0.0132. The van der Waals surface area contributed by atoms with Gasteiger partial charge in [0, 0.05) is 17.1 Å². The second-order valence-electron chi connectivity index (χ2n) is 6.40. The molecule has 0 aliphatic heterocycles. The van der Waals surface area contributed by atoms with Crippen LogP contribution in [0.3, 0.4) is 0 Å². The molecule has 1 aromatic heterocycles. The first-order valence-electron chi connectivity index (χ1n) is 7.72. The largest absolute Gasteiger partial charge is 0.308 e. The maximum atomic E-state index is 4.62. The van der Waals surface area contributed by atoms with E-state index in [2.05, 4.69) is 74.3 Å². The molecule has 0 saturated heterocycles. The quantitative estimate of drug-likeness (QED) is 0.878. The third kappa shape index (κ3) is 3.42. The van der Waals surface area contributed by atoms with E-state index in [1.807, 2.05) is 12.3 Å². The van der Waals surface area contributed by atoms with Gasteiger partial charge in [-0.05, 0) is 58.6 Å². The van der Waals surface area contributed by atoms with Crippen LogP contribution < -0.4 is 5.32 Å². The summed E-state index contributed by atoms with van der Waals surface area (Å²) < 4.78 is 0. The molecule has 1 atom stereocenters. The molecule has 0 fully saturated rings. The number of pyridine rings is 1. The Labute approximate surface area is 128 Å². The van der Waals surface area contributed by atoms with Gasteiger partial charge < -0.3 is 10.2 Å². The van der Waals surface area contributed by atoms with Crippen molar-refractivity contribution >= 4 is 10.9 Å². The van der Waals surface area contributed by atoms with Crippen molar-refractivity contribution in [3.8, 4) is 0 Å². The van der Waals surface area contributed by atoms with Crippen molar-refractivity contribution in [2.24, 2.45) is 0 Å². The van der Waals surface area contributed by atoms with E-state index in [0.29, 0.717) is 0 Å². The monoisotopic (exact) mass is 285 g/mol. The minimum Gasteiger partial charge on any atom is -0.308 e. The molecule has 0 aliphatic rings. The molecule has 0 aliphatic carbocycles. The summed E-state index contributed by atoms with van der Waals surface area (Å²) in [5.74, 6) is 0. The zero-order valence-corrected chi connectivity index (χ0v) is 13.9. The highest BCUT2D eigenvalue weighted by Gasteiger charge is 2.32. The Bertz CT molecular complexity index is 590. The van der Waals surface area contributed by atoms with Gasteiger partial charge in [0.25, 0.3) is 0 Å². The van der Waals surface area contributed by atoms with Crippen molar-refractivity contribution in [2.75, 3.05) is 20.6 Å². The maximum Gasteiger partial charge on any atom is 0.0702 e. The summed E-state index contributed by atoms with van der Waals surface area (Å²) in [4.78, 5) is 6.90. The molecule has 3 nitrogen and oxygen atoms in total. The molecule has 2 rings (SSSR count). The predicted molar refractivity (Wildman–Crippen MR) is 90.5 cm³/mol. The van der Waals surface area contributed by atoms with Crippen LogP contribution in [0.4, 0.5) is 0 Å². The Kier molecular flexibility index (Phi) is 4.96. The summed E-state index contributed by atoms with van der Waals surface area (Å²) >= 11 is 0. The number of rotatable bonds is 6. The van der Waals surface area contributed by atoms with E-state index in [1.54, 1.807) is 0 Å². The Morgan fingerprint density at radius 2 is 1.95 bits per heavy atom. The van der Waals surface area contributed by atoms with Crippen molar-refractivity contribution in [1.29, 1.82) is 0 Å². The smallest absolute Gasteiger partial charge is 0.0702 e.